The number of hydrogen-bond acceptors (Lipinski definition) is 3. The molecule has 0 radical (unpaired) electrons. The first-order valence-corrected chi connectivity index (χ1v) is 13.2. The van der Waals surface area contributed by atoms with Crippen molar-refractivity contribution in [1.82, 2.24) is 9.21 Å². The van der Waals surface area contributed by atoms with Crippen LogP contribution in [0, 0.1) is 11.8 Å². The van der Waals surface area contributed by atoms with Crippen LogP contribution in [0.15, 0.2) is 89.8 Å². The Morgan fingerprint density at radius 1 is 0.794 bits per heavy atom. The maximum atomic E-state index is 13.5. The van der Waals surface area contributed by atoms with E-state index in [1.54, 1.807) is 33.5 Å². The Hall–Kier alpha value is -2.96. The molecule has 6 heteroatoms. The molecule has 1 heterocycles. The first-order chi connectivity index (χ1) is 16.3. The van der Waals surface area contributed by atoms with Crippen molar-refractivity contribution in [3.63, 3.8) is 0 Å². The summed E-state index contributed by atoms with van der Waals surface area (Å²) in [4.78, 5) is 15.5. The summed E-state index contributed by atoms with van der Waals surface area (Å²) >= 11 is 0. The molecule has 0 aromatic heterocycles. The molecule has 1 saturated heterocycles. The van der Waals surface area contributed by atoms with Gasteiger partial charge in [0.15, 0.2) is 0 Å². The van der Waals surface area contributed by atoms with E-state index in [2.05, 4.69) is 13.8 Å². The zero-order chi connectivity index (χ0) is 24.1. The van der Waals surface area contributed by atoms with E-state index in [-0.39, 0.29) is 10.8 Å². The third kappa shape index (κ3) is 5.75. The van der Waals surface area contributed by atoms with Crippen molar-refractivity contribution in [2.24, 2.45) is 11.8 Å². The molecule has 1 aliphatic rings. The molecule has 0 unspecified atom stereocenters. The highest BCUT2D eigenvalue weighted by Gasteiger charge is 2.31. The van der Waals surface area contributed by atoms with Crippen LogP contribution in [0.5, 0.6) is 0 Å². The molecule has 0 bridgehead atoms. The van der Waals surface area contributed by atoms with Crippen molar-refractivity contribution in [3.8, 4) is 0 Å². The van der Waals surface area contributed by atoms with Gasteiger partial charge in [-0.05, 0) is 53.6 Å². The summed E-state index contributed by atoms with van der Waals surface area (Å²) in [6.07, 6.45) is 1.04. The molecule has 0 spiro atoms. The SMILES string of the molecule is C[C@@H]1C[C@@H](C)CN(S(=O)(=O)c2ccc(C(=O)N(Cc3ccccc3)Cc3ccccc3)cc2)C1. The largest absolute Gasteiger partial charge is 0.330 e. The molecule has 1 fully saturated rings. The third-order valence-corrected chi connectivity index (χ3v) is 8.14. The molecule has 4 rings (SSSR count). The van der Waals surface area contributed by atoms with Crippen LogP contribution in [0.25, 0.3) is 0 Å². The van der Waals surface area contributed by atoms with Gasteiger partial charge in [-0.2, -0.15) is 4.31 Å². The molecule has 1 aliphatic heterocycles. The summed E-state index contributed by atoms with van der Waals surface area (Å²) in [6.45, 7) is 6.20. The molecule has 0 saturated carbocycles. The molecule has 5 nitrogen and oxygen atoms in total. The van der Waals surface area contributed by atoms with E-state index >= 15 is 0 Å². The van der Waals surface area contributed by atoms with E-state index in [0.29, 0.717) is 43.6 Å². The molecule has 0 N–H and O–H groups in total. The Labute approximate surface area is 203 Å². The Morgan fingerprint density at radius 3 is 1.74 bits per heavy atom. The standard InChI is InChI=1S/C28H32N2O3S/c1-22-17-23(2)19-30(18-22)34(32,33)27-15-13-26(14-16-27)28(31)29(20-24-9-5-3-6-10-24)21-25-11-7-4-8-12-25/h3-16,22-23H,17-21H2,1-2H3/t22-,23-/m1/s1. The van der Waals surface area contributed by atoms with Gasteiger partial charge in [-0.1, -0.05) is 74.5 Å². The average Bonchev–Trinajstić information content (AvgIpc) is 2.84. The maximum absolute atomic E-state index is 13.5. The number of amides is 1. The molecule has 34 heavy (non-hydrogen) atoms. The summed E-state index contributed by atoms with van der Waals surface area (Å²) < 4.78 is 28.0. The summed E-state index contributed by atoms with van der Waals surface area (Å²) in [7, 11) is -3.58. The lowest BCUT2D eigenvalue weighted by Crippen LogP contribution is -2.42. The topological polar surface area (TPSA) is 57.7 Å². The maximum Gasteiger partial charge on any atom is 0.254 e. The van der Waals surface area contributed by atoms with E-state index in [9.17, 15) is 13.2 Å². The Balaban J connectivity index is 1.55. The highest BCUT2D eigenvalue weighted by atomic mass is 32.2. The van der Waals surface area contributed by atoms with E-state index in [1.807, 2.05) is 60.7 Å². The first kappa shape index (κ1) is 24.2. The van der Waals surface area contributed by atoms with E-state index in [4.69, 9.17) is 0 Å². The van der Waals surface area contributed by atoms with E-state index < -0.39 is 10.0 Å². The molecular weight excluding hydrogens is 444 g/mol. The fraction of sp³-hybridized carbons (Fsp3) is 0.321. The van der Waals surface area contributed by atoms with Gasteiger partial charge in [0, 0.05) is 31.7 Å². The zero-order valence-corrected chi connectivity index (χ0v) is 20.6. The second kappa shape index (κ2) is 10.5. The average molecular weight is 477 g/mol. The van der Waals surface area contributed by atoms with Gasteiger partial charge in [0.25, 0.3) is 5.91 Å². The van der Waals surface area contributed by atoms with Crippen LogP contribution >= 0.6 is 0 Å². The van der Waals surface area contributed by atoms with Crippen molar-refractivity contribution < 1.29 is 13.2 Å². The van der Waals surface area contributed by atoms with Gasteiger partial charge in [-0.25, -0.2) is 8.42 Å². The zero-order valence-electron chi connectivity index (χ0n) is 19.8. The monoisotopic (exact) mass is 476 g/mol. The number of rotatable bonds is 7. The van der Waals surface area contributed by atoms with Gasteiger partial charge >= 0.3 is 0 Å². The number of carbonyl (C=O) groups is 1. The minimum Gasteiger partial charge on any atom is -0.330 e. The minimum atomic E-state index is -3.58. The number of sulfonamides is 1. The van der Waals surface area contributed by atoms with Crippen LogP contribution in [-0.2, 0) is 23.1 Å². The minimum absolute atomic E-state index is 0.128. The predicted molar refractivity (Wildman–Crippen MR) is 135 cm³/mol. The molecule has 178 valence electrons. The number of hydrogen-bond donors (Lipinski definition) is 0. The molecule has 0 aliphatic carbocycles. The molecule has 3 aromatic carbocycles. The van der Waals surface area contributed by atoms with Crippen molar-refractivity contribution in [2.45, 2.75) is 38.3 Å². The molecule has 3 aromatic rings. The van der Waals surface area contributed by atoms with E-state index in [1.165, 1.54) is 0 Å². The van der Waals surface area contributed by atoms with Crippen LogP contribution in [0.1, 0.15) is 41.8 Å². The van der Waals surface area contributed by atoms with Gasteiger partial charge in [-0.15, -0.1) is 0 Å². The molecule has 1 amide bonds. The normalized spacial score (nSPS) is 19.0. The quantitative estimate of drug-likeness (QED) is 0.471. The smallest absolute Gasteiger partial charge is 0.254 e. The fourth-order valence-corrected chi connectivity index (χ4v) is 6.39. The van der Waals surface area contributed by atoms with Gasteiger partial charge in [0.1, 0.15) is 0 Å². The van der Waals surface area contributed by atoms with Gasteiger partial charge < -0.3 is 4.90 Å². The third-order valence-electron chi connectivity index (χ3n) is 6.29. The van der Waals surface area contributed by atoms with Gasteiger partial charge in [0.2, 0.25) is 10.0 Å². The van der Waals surface area contributed by atoms with Crippen LogP contribution in [0.3, 0.4) is 0 Å². The molecular formula is C28H32N2O3S. The lowest BCUT2D eigenvalue weighted by molar-refractivity contribution is 0.0730. The van der Waals surface area contributed by atoms with Crippen molar-refractivity contribution in [1.29, 1.82) is 0 Å². The predicted octanol–water partition coefficient (Wildman–Crippen LogP) is 5.20. The summed E-state index contributed by atoms with van der Waals surface area (Å²) in [5.74, 6) is 0.546. The summed E-state index contributed by atoms with van der Waals surface area (Å²) in [5, 5.41) is 0. The number of carbonyl (C=O) groups excluding carboxylic acids is 1. The second-order valence-electron chi connectivity index (χ2n) is 9.42. The molecule has 2 atom stereocenters. The van der Waals surface area contributed by atoms with Crippen LogP contribution in [0.2, 0.25) is 0 Å². The summed E-state index contributed by atoms with van der Waals surface area (Å²) in [6, 6.07) is 26.2. The Morgan fingerprint density at radius 2 is 1.26 bits per heavy atom. The Kier molecular flexibility index (Phi) is 7.49. The first-order valence-electron chi connectivity index (χ1n) is 11.8. The van der Waals surface area contributed by atoms with Crippen molar-refractivity contribution >= 4 is 15.9 Å². The second-order valence-corrected chi connectivity index (χ2v) is 11.4. The van der Waals surface area contributed by atoms with Crippen LogP contribution in [0.4, 0.5) is 0 Å². The fourth-order valence-electron chi connectivity index (χ4n) is 4.71. The number of nitrogens with zero attached hydrogens (tertiary/aromatic N) is 2. The van der Waals surface area contributed by atoms with E-state index in [0.717, 1.165) is 17.5 Å². The van der Waals surface area contributed by atoms with Crippen LogP contribution in [-0.4, -0.2) is 36.6 Å². The van der Waals surface area contributed by atoms with Crippen LogP contribution < -0.4 is 0 Å². The summed E-state index contributed by atoms with van der Waals surface area (Å²) in [5.41, 5.74) is 2.56. The lowest BCUT2D eigenvalue weighted by atomic mass is 9.94. The van der Waals surface area contributed by atoms with Crippen molar-refractivity contribution in [3.05, 3.63) is 102 Å². The highest BCUT2D eigenvalue weighted by Crippen LogP contribution is 2.27. The highest BCUT2D eigenvalue weighted by molar-refractivity contribution is 7.89. The van der Waals surface area contributed by atoms with Gasteiger partial charge in [0.05, 0.1) is 4.90 Å². The van der Waals surface area contributed by atoms with Crippen molar-refractivity contribution in [2.75, 3.05) is 13.1 Å². The number of piperidine rings is 1. The Bertz CT molecular complexity index is 1140. The number of benzene rings is 3. The van der Waals surface area contributed by atoms with Gasteiger partial charge in [-0.3, -0.25) is 4.79 Å². The lowest BCUT2D eigenvalue weighted by Gasteiger charge is -2.34.